The molecule has 5 rings (SSSR count). The van der Waals surface area contributed by atoms with Gasteiger partial charge >= 0.3 is 5.92 Å². The van der Waals surface area contributed by atoms with E-state index in [1.54, 1.807) is 6.92 Å². The summed E-state index contributed by atoms with van der Waals surface area (Å²) in [6, 6.07) is 5.32. The lowest BCUT2D eigenvalue weighted by Gasteiger charge is -2.31. The molecule has 2 N–H and O–H groups in total. The highest BCUT2D eigenvalue weighted by Crippen LogP contribution is 2.40. The zero-order valence-electron chi connectivity index (χ0n) is 20.7. The highest BCUT2D eigenvalue weighted by molar-refractivity contribution is 5.96. The summed E-state index contributed by atoms with van der Waals surface area (Å²) >= 11 is 0. The largest absolute Gasteiger partial charge is 0.387 e. The number of aryl methyl sites for hydroxylation is 2. The Kier molecular flexibility index (Phi) is 6.55. The number of aliphatic hydroxyl groups is 1. The summed E-state index contributed by atoms with van der Waals surface area (Å²) < 4.78 is 49.8. The van der Waals surface area contributed by atoms with E-state index in [0.717, 1.165) is 61.9 Å². The van der Waals surface area contributed by atoms with Crippen LogP contribution in [-0.2, 0) is 23.5 Å². The van der Waals surface area contributed by atoms with Gasteiger partial charge in [-0.15, -0.1) is 0 Å². The number of alkyl halides is 2. The monoisotopic (exact) mass is 500 g/mol. The van der Waals surface area contributed by atoms with Gasteiger partial charge in [-0.3, -0.25) is 0 Å². The van der Waals surface area contributed by atoms with E-state index in [-0.39, 0.29) is 5.56 Å². The van der Waals surface area contributed by atoms with Crippen LogP contribution in [0.4, 0.5) is 24.7 Å². The highest BCUT2D eigenvalue weighted by Gasteiger charge is 2.40. The van der Waals surface area contributed by atoms with Gasteiger partial charge in [-0.05, 0) is 63.3 Å². The maximum atomic E-state index is 15.3. The van der Waals surface area contributed by atoms with Gasteiger partial charge in [0.05, 0.1) is 30.3 Å². The maximum Gasteiger partial charge on any atom is 0.301 e. The number of benzene rings is 2. The van der Waals surface area contributed by atoms with Crippen molar-refractivity contribution in [3.63, 3.8) is 0 Å². The number of morpholine rings is 1. The van der Waals surface area contributed by atoms with Crippen molar-refractivity contribution in [1.82, 2.24) is 9.97 Å². The zero-order chi connectivity index (χ0) is 25.6. The Morgan fingerprint density at radius 1 is 1.11 bits per heavy atom. The quantitative estimate of drug-likeness (QED) is 0.494. The Morgan fingerprint density at radius 3 is 2.56 bits per heavy atom. The summed E-state index contributed by atoms with van der Waals surface area (Å²) in [5, 5.41) is 13.6. The van der Waals surface area contributed by atoms with E-state index in [1.165, 1.54) is 23.3 Å². The molecular formula is C27H31F3N4O2. The Morgan fingerprint density at radius 2 is 1.83 bits per heavy atom. The Hall–Kier alpha value is -2.91. The molecule has 0 radical (unpaired) electrons. The van der Waals surface area contributed by atoms with Crippen molar-refractivity contribution >= 4 is 22.4 Å². The molecule has 6 nitrogen and oxygen atoms in total. The molecule has 2 heterocycles. The van der Waals surface area contributed by atoms with Crippen LogP contribution in [0.1, 0.15) is 54.4 Å². The van der Waals surface area contributed by atoms with E-state index in [2.05, 4.69) is 21.3 Å². The fourth-order valence-electron chi connectivity index (χ4n) is 5.31. The number of ether oxygens (including phenoxy) is 1. The molecule has 0 unspecified atom stereocenters. The van der Waals surface area contributed by atoms with E-state index >= 15 is 4.39 Å². The average Bonchev–Trinajstić information content (AvgIpc) is 3.34. The van der Waals surface area contributed by atoms with Crippen LogP contribution in [-0.4, -0.2) is 47.5 Å². The van der Waals surface area contributed by atoms with Crippen LogP contribution < -0.4 is 10.2 Å². The molecule has 0 bridgehead atoms. The number of aliphatic hydroxyl groups excluding tert-OH is 1. The van der Waals surface area contributed by atoms with Crippen LogP contribution in [0.5, 0.6) is 0 Å². The zero-order valence-corrected chi connectivity index (χ0v) is 20.7. The molecule has 0 saturated carbocycles. The topological polar surface area (TPSA) is 70.5 Å². The predicted octanol–water partition coefficient (Wildman–Crippen LogP) is 5.05. The van der Waals surface area contributed by atoms with Crippen LogP contribution in [0.15, 0.2) is 24.3 Å². The Bertz CT molecular complexity index is 1290. The van der Waals surface area contributed by atoms with E-state index in [0.29, 0.717) is 24.9 Å². The molecule has 0 amide bonds. The van der Waals surface area contributed by atoms with Crippen molar-refractivity contribution in [3.05, 3.63) is 58.2 Å². The van der Waals surface area contributed by atoms with Crippen LogP contribution >= 0.6 is 0 Å². The fraction of sp³-hybridized carbons (Fsp3) is 0.481. The first kappa shape index (κ1) is 24.8. The lowest BCUT2D eigenvalue weighted by atomic mass is 9.97. The van der Waals surface area contributed by atoms with Crippen LogP contribution in [0.25, 0.3) is 10.9 Å². The molecule has 9 heteroatoms. The second-order valence-electron chi connectivity index (χ2n) is 9.70. The van der Waals surface area contributed by atoms with Gasteiger partial charge < -0.3 is 20.1 Å². The molecule has 36 heavy (non-hydrogen) atoms. The molecule has 3 aromatic rings. The molecule has 2 aliphatic rings. The first-order valence-electron chi connectivity index (χ1n) is 12.5. The Labute approximate surface area is 208 Å². The fourth-order valence-corrected chi connectivity index (χ4v) is 5.31. The summed E-state index contributed by atoms with van der Waals surface area (Å²) in [5.41, 5.74) is 3.84. The minimum absolute atomic E-state index is 0.0757. The van der Waals surface area contributed by atoms with Crippen molar-refractivity contribution < 1.29 is 23.0 Å². The molecule has 2 atom stereocenters. The van der Waals surface area contributed by atoms with Crippen molar-refractivity contribution in [2.75, 3.05) is 36.5 Å². The predicted molar refractivity (Wildman–Crippen MR) is 133 cm³/mol. The van der Waals surface area contributed by atoms with Crippen LogP contribution in [0.3, 0.4) is 0 Å². The molecule has 1 aliphatic carbocycles. The summed E-state index contributed by atoms with van der Waals surface area (Å²) in [6.45, 7) is 7.43. The summed E-state index contributed by atoms with van der Waals surface area (Å²) in [5.74, 6) is -3.61. The minimum atomic E-state index is -3.70. The summed E-state index contributed by atoms with van der Waals surface area (Å²) in [6.07, 6.45) is 0.972. The average molecular weight is 501 g/mol. The summed E-state index contributed by atoms with van der Waals surface area (Å²) in [4.78, 5) is 11.7. The number of aromatic nitrogens is 2. The molecule has 1 fully saturated rings. The number of nitrogens with one attached hydrogen (secondary N) is 1. The van der Waals surface area contributed by atoms with Crippen molar-refractivity contribution in [3.8, 4) is 0 Å². The van der Waals surface area contributed by atoms with Crippen molar-refractivity contribution in [2.24, 2.45) is 0 Å². The Balaban J connectivity index is 1.57. The lowest BCUT2D eigenvalue weighted by molar-refractivity contribution is -0.108. The normalized spacial score (nSPS) is 17.8. The summed E-state index contributed by atoms with van der Waals surface area (Å²) in [7, 11) is 0. The van der Waals surface area contributed by atoms with Gasteiger partial charge in [0.1, 0.15) is 23.6 Å². The second kappa shape index (κ2) is 9.52. The molecule has 192 valence electrons. The molecule has 1 aliphatic heterocycles. The highest BCUT2D eigenvalue weighted by atomic mass is 19.3. The van der Waals surface area contributed by atoms with Crippen LogP contribution in [0, 0.1) is 12.7 Å². The van der Waals surface area contributed by atoms with Crippen LogP contribution in [0.2, 0.25) is 0 Å². The molecule has 2 aromatic carbocycles. The molecule has 1 aromatic heterocycles. The van der Waals surface area contributed by atoms with E-state index in [4.69, 9.17) is 9.72 Å². The minimum Gasteiger partial charge on any atom is -0.387 e. The van der Waals surface area contributed by atoms with Crippen molar-refractivity contribution in [2.45, 2.75) is 58.1 Å². The third-order valence-electron chi connectivity index (χ3n) is 7.24. The smallest absolute Gasteiger partial charge is 0.301 e. The van der Waals surface area contributed by atoms with Gasteiger partial charge in [0.25, 0.3) is 0 Å². The van der Waals surface area contributed by atoms with Gasteiger partial charge in [0, 0.05) is 29.7 Å². The van der Waals surface area contributed by atoms with E-state index in [9.17, 15) is 13.9 Å². The third-order valence-corrected chi connectivity index (χ3v) is 7.24. The van der Waals surface area contributed by atoms with E-state index in [1.807, 2.05) is 6.92 Å². The van der Waals surface area contributed by atoms with Gasteiger partial charge in [0.2, 0.25) is 0 Å². The number of rotatable bonds is 6. The van der Waals surface area contributed by atoms with Crippen molar-refractivity contribution in [1.29, 1.82) is 0 Å². The molecular weight excluding hydrogens is 469 g/mol. The van der Waals surface area contributed by atoms with E-state index < -0.39 is 29.4 Å². The van der Waals surface area contributed by atoms with Gasteiger partial charge in [-0.25, -0.2) is 14.4 Å². The number of halogens is 3. The number of hydrogen-bond donors (Lipinski definition) is 2. The van der Waals surface area contributed by atoms with Gasteiger partial charge in [-0.2, -0.15) is 8.78 Å². The van der Waals surface area contributed by atoms with Gasteiger partial charge in [-0.1, -0.05) is 12.1 Å². The first-order chi connectivity index (χ1) is 17.2. The number of anilines is 2. The second-order valence-corrected chi connectivity index (χ2v) is 9.70. The first-order valence-corrected chi connectivity index (χ1v) is 12.5. The number of fused-ring (bicyclic) bond motifs is 3. The number of hydrogen-bond acceptors (Lipinski definition) is 6. The molecule has 1 saturated heterocycles. The maximum absolute atomic E-state index is 15.3. The molecule has 0 spiro atoms. The third kappa shape index (κ3) is 4.28. The SMILES string of the molecule is Cc1nc(N[C@H](C)c2cccc(C(F)(F)[C@@H](C)O)c2F)c2cc(N3CCOCC3)c3c(c2n1)CCC3. The standard InChI is InChI=1S/C27H31F3N4O2/c1-15(18-6-5-9-22(24(18)28)27(29,30)16(2)35)31-26-21-14-23(34-10-12-36-13-11-34)19-7-4-8-20(19)25(21)32-17(3)33-26/h5-6,9,14-16,35H,4,7-8,10-13H2,1-3H3,(H,31,32,33)/t15-,16-/m1/s1. The van der Waals surface area contributed by atoms with Gasteiger partial charge in [0.15, 0.2) is 0 Å². The lowest BCUT2D eigenvalue weighted by Crippen LogP contribution is -2.36. The number of nitrogens with zero attached hydrogens (tertiary/aromatic N) is 3.